The molecule has 6 heteroatoms. The summed E-state index contributed by atoms with van der Waals surface area (Å²) in [5, 5.41) is 15.0. The van der Waals surface area contributed by atoms with Crippen LogP contribution >= 0.6 is 0 Å². The molecule has 0 atom stereocenters. The predicted octanol–water partition coefficient (Wildman–Crippen LogP) is -1.48. The van der Waals surface area contributed by atoms with Crippen molar-refractivity contribution in [3.63, 3.8) is 0 Å². The number of nitrogens with one attached hydrogen (secondary N) is 3. The summed E-state index contributed by atoms with van der Waals surface area (Å²) in [6.45, 7) is 0. The van der Waals surface area contributed by atoms with Gasteiger partial charge in [0.05, 0.1) is 0 Å². The van der Waals surface area contributed by atoms with E-state index in [1.165, 1.54) is 0 Å². The number of hydrogen-bond donors (Lipinski definition) is 6. The maximum Gasteiger partial charge on any atom is 0.192 e. The molecule has 8 heavy (non-hydrogen) atoms. The van der Waals surface area contributed by atoms with Gasteiger partial charge in [0.25, 0.3) is 0 Å². The Morgan fingerprint density at radius 3 is 1.38 bits per heavy atom. The molecule has 0 aliphatic heterocycles. The van der Waals surface area contributed by atoms with Gasteiger partial charge in [-0.05, 0) is 0 Å². The number of guanidine groups is 2. The van der Waals surface area contributed by atoms with E-state index in [9.17, 15) is 0 Å². The molecule has 0 heterocycles. The molecule has 0 amide bonds. The molecule has 0 aromatic rings. The highest BCUT2D eigenvalue weighted by atomic mass is 15.1. The summed E-state index contributed by atoms with van der Waals surface area (Å²) in [4.78, 5) is 0. The Bertz CT molecular complexity index is 82.7. The Morgan fingerprint density at radius 2 is 1.38 bits per heavy atom. The van der Waals surface area contributed by atoms with Gasteiger partial charge >= 0.3 is 0 Å². The molecule has 0 aromatic carbocycles. The average Bonchev–Trinajstić information content (AvgIpc) is 1.27. The van der Waals surface area contributed by atoms with E-state index in [4.69, 9.17) is 22.3 Å². The lowest BCUT2D eigenvalue weighted by Crippen LogP contribution is -2.39. The Kier molecular flexibility index (Phi) is 4.77. The molecule has 0 radical (unpaired) electrons. The Hall–Kier alpha value is -1.30. The van der Waals surface area contributed by atoms with Crippen molar-refractivity contribution in [2.75, 3.05) is 0 Å². The van der Waals surface area contributed by atoms with Crippen molar-refractivity contribution in [3.8, 4) is 0 Å². The highest BCUT2D eigenvalue weighted by molar-refractivity contribution is 5.93. The monoisotopic (exact) mass is 118 g/mol. The molecular weight excluding hydrogens is 108 g/mol. The van der Waals surface area contributed by atoms with E-state index in [1.54, 1.807) is 0 Å². The summed E-state index contributed by atoms with van der Waals surface area (Å²) in [7, 11) is 0. The minimum Gasteiger partial charge on any atom is -0.370 e. The van der Waals surface area contributed by atoms with Crippen LogP contribution in [-0.4, -0.2) is 11.9 Å². The van der Waals surface area contributed by atoms with Gasteiger partial charge in [0.1, 0.15) is 0 Å². The average molecular weight is 118 g/mol. The van der Waals surface area contributed by atoms with Gasteiger partial charge in [0, 0.05) is 0 Å². The third-order valence-corrected chi connectivity index (χ3v) is 0.269. The fraction of sp³-hybridized carbons (Fsp3) is 0. The van der Waals surface area contributed by atoms with Crippen LogP contribution in [0, 0.1) is 10.8 Å². The predicted molar refractivity (Wildman–Crippen MR) is 32.0 cm³/mol. The second-order valence-corrected chi connectivity index (χ2v) is 0.952. The molecule has 0 unspecified atom stereocenters. The second kappa shape index (κ2) is 3.88. The molecule has 0 aliphatic rings. The highest BCUT2D eigenvalue weighted by Gasteiger charge is 1.83. The van der Waals surface area contributed by atoms with E-state index in [0.717, 1.165) is 0 Å². The van der Waals surface area contributed by atoms with Crippen LogP contribution in [0.4, 0.5) is 0 Å². The standard InChI is InChI=1S/C2H7N5.H3N/c3-1(4)7-2(5)6;/h(H7,3,4,5,6,7);1H3. The van der Waals surface area contributed by atoms with Gasteiger partial charge in [-0.2, -0.15) is 0 Å². The maximum atomic E-state index is 6.47. The largest absolute Gasteiger partial charge is 0.370 e. The molecular formula is C2H10N6. The van der Waals surface area contributed by atoms with Gasteiger partial charge in [-0.1, -0.05) is 0 Å². The van der Waals surface area contributed by atoms with Crippen molar-refractivity contribution in [2.45, 2.75) is 0 Å². The van der Waals surface area contributed by atoms with Crippen molar-refractivity contribution in [1.29, 1.82) is 10.8 Å². The zero-order valence-corrected chi connectivity index (χ0v) is 4.36. The van der Waals surface area contributed by atoms with E-state index >= 15 is 0 Å². The zero-order chi connectivity index (χ0) is 5.86. The van der Waals surface area contributed by atoms with Crippen molar-refractivity contribution >= 4 is 11.9 Å². The van der Waals surface area contributed by atoms with Crippen molar-refractivity contribution < 1.29 is 0 Å². The molecule has 0 aromatic heterocycles. The smallest absolute Gasteiger partial charge is 0.192 e. The van der Waals surface area contributed by atoms with Crippen LogP contribution < -0.4 is 22.9 Å². The molecule has 0 rings (SSSR count). The molecule has 0 saturated carbocycles. The first-order valence-corrected chi connectivity index (χ1v) is 1.58. The minimum atomic E-state index is -0.312. The SMILES string of the molecule is N.N=C(N)NC(=N)N. The minimum absolute atomic E-state index is 0. The second-order valence-electron chi connectivity index (χ2n) is 0.952. The lowest BCUT2D eigenvalue weighted by Gasteiger charge is -1.95. The summed E-state index contributed by atoms with van der Waals surface area (Å²) in [6.07, 6.45) is 0. The first-order chi connectivity index (χ1) is 3.13. The third-order valence-electron chi connectivity index (χ3n) is 0.269. The molecule has 6 nitrogen and oxygen atoms in total. The number of nitrogens with two attached hydrogens (primary N) is 2. The Morgan fingerprint density at radius 1 is 1.12 bits per heavy atom. The summed E-state index contributed by atoms with van der Waals surface area (Å²) in [5.74, 6) is -0.625. The van der Waals surface area contributed by atoms with E-state index in [1.807, 2.05) is 5.32 Å². The quantitative estimate of drug-likeness (QED) is 0.170. The van der Waals surface area contributed by atoms with E-state index < -0.39 is 0 Å². The van der Waals surface area contributed by atoms with Crippen LogP contribution in [0.3, 0.4) is 0 Å². The van der Waals surface area contributed by atoms with Gasteiger partial charge in [0.15, 0.2) is 11.9 Å². The van der Waals surface area contributed by atoms with E-state index in [0.29, 0.717) is 0 Å². The van der Waals surface area contributed by atoms with E-state index in [-0.39, 0.29) is 18.1 Å². The molecule has 48 valence electrons. The fourth-order valence-electron chi connectivity index (χ4n) is 0.145. The molecule has 0 bridgehead atoms. The summed E-state index contributed by atoms with van der Waals surface area (Å²) in [6, 6.07) is 0. The van der Waals surface area contributed by atoms with Crippen molar-refractivity contribution in [3.05, 3.63) is 0 Å². The van der Waals surface area contributed by atoms with Gasteiger partial charge in [0.2, 0.25) is 0 Å². The van der Waals surface area contributed by atoms with Crippen molar-refractivity contribution in [2.24, 2.45) is 11.5 Å². The molecule has 0 saturated heterocycles. The molecule has 0 aliphatic carbocycles. The molecule has 10 N–H and O–H groups in total. The van der Waals surface area contributed by atoms with Gasteiger partial charge in [-0.15, -0.1) is 0 Å². The summed E-state index contributed by atoms with van der Waals surface area (Å²) in [5.41, 5.74) is 9.49. The lowest BCUT2D eigenvalue weighted by molar-refractivity contribution is 1.19. The summed E-state index contributed by atoms with van der Waals surface area (Å²) < 4.78 is 0. The van der Waals surface area contributed by atoms with Crippen LogP contribution in [-0.2, 0) is 0 Å². The highest BCUT2D eigenvalue weighted by Crippen LogP contribution is 1.44. The topological polar surface area (TPSA) is 147 Å². The first kappa shape index (κ1) is 9.85. The van der Waals surface area contributed by atoms with Crippen molar-refractivity contribution in [1.82, 2.24) is 11.5 Å². The Labute approximate surface area is 46.8 Å². The Balaban J connectivity index is 0. The normalized spacial score (nSPS) is 6.50. The van der Waals surface area contributed by atoms with Crippen LogP contribution in [0.5, 0.6) is 0 Å². The molecule has 0 fully saturated rings. The summed E-state index contributed by atoms with van der Waals surface area (Å²) >= 11 is 0. The molecule has 0 spiro atoms. The number of hydrogen-bond acceptors (Lipinski definition) is 3. The van der Waals surface area contributed by atoms with Gasteiger partial charge in [-0.25, -0.2) is 0 Å². The van der Waals surface area contributed by atoms with Gasteiger partial charge < -0.3 is 17.6 Å². The third kappa shape index (κ3) is 8.83. The van der Waals surface area contributed by atoms with Crippen LogP contribution in [0.2, 0.25) is 0 Å². The van der Waals surface area contributed by atoms with Gasteiger partial charge in [-0.3, -0.25) is 16.1 Å². The number of rotatable bonds is 0. The van der Waals surface area contributed by atoms with Crippen LogP contribution in [0.15, 0.2) is 0 Å². The fourth-order valence-corrected chi connectivity index (χ4v) is 0.145. The first-order valence-electron chi connectivity index (χ1n) is 1.58. The lowest BCUT2D eigenvalue weighted by atomic mass is 10.9. The van der Waals surface area contributed by atoms with Crippen LogP contribution in [0.1, 0.15) is 0 Å². The zero-order valence-electron chi connectivity index (χ0n) is 4.36. The maximum absolute atomic E-state index is 6.47. The van der Waals surface area contributed by atoms with Crippen LogP contribution in [0.25, 0.3) is 0 Å². The van der Waals surface area contributed by atoms with E-state index in [2.05, 4.69) is 0 Å².